The molecule has 4 rings (SSSR count). The molecule has 2 heterocycles. The van der Waals surface area contributed by atoms with E-state index in [1.807, 2.05) is 23.1 Å². The third-order valence-electron chi connectivity index (χ3n) is 5.93. The Balaban J connectivity index is 1.61. The van der Waals surface area contributed by atoms with Crippen LogP contribution in [0.1, 0.15) is 37.7 Å². The summed E-state index contributed by atoms with van der Waals surface area (Å²) in [5.74, 6) is 0.130. The van der Waals surface area contributed by atoms with E-state index in [1.165, 1.54) is 5.56 Å². The molecular weight excluding hydrogens is 366 g/mol. The quantitative estimate of drug-likeness (QED) is 0.727. The van der Waals surface area contributed by atoms with Crippen molar-refractivity contribution in [1.29, 1.82) is 0 Å². The van der Waals surface area contributed by atoms with Crippen LogP contribution in [0, 0.1) is 0 Å². The first-order valence-corrected chi connectivity index (χ1v) is 10.2. The minimum absolute atomic E-state index is 0.109. The van der Waals surface area contributed by atoms with E-state index in [2.05, 4.69) is 24.2 Å². The highest BCUT2D eigenvalue weighted by Crippen LogP contribution is 2.33. The number of hydrogen-bond donors (Lipinski definition) is 1. The SMILES string of the molecule is CC[C@@H](c1ccccc1)[C@H]1CCCN1C(=O)Cn1[nH]c(=O)c2ccccc2c1=O. The molecule has 1 N–H and O–H groups in total. The molecule has 0 aliphatic carbocycles. The molecule has 6 nitrogen and oxygen atoms in total. The van der Waals surface area contributed by atoms with Crippen LogP contribution >= 0.6 is 0 Å². The van der Waals surface area contributed by atoms with Crippen LogP contribution in [0.25, 0.3) is 10.8 Å². The zero-order chi connectivity index (χ0) is 20.4. The molecule has 0 bridgehead atoms. The van der Waals surface area contributed by atoms with E-state index in [0.717, 1.165) is 23.9 Å². The molecule has 1 aliphatic rings. The molecule has 3 aromatic rings. The first kappa shape index (κ1) is 19.2. The number of nitrogens with zero attached hydrogens (tertiary/aromatic N) is 2. The molecule has 1 fully saturated rings. The number of rotatable bonds is 5. The molecule has 1 aliphatic heterocycles. The number of hydrogen-bond acceptors (Lipinski definition) is 3. The molecule has 0 unspecified atom stereocenters. The van der Waals surface area contributed by atoms with Gasteiger partial charge in [-0.15, -0.1) is 0 Å². The topological polar surface area (TPSA) is 75.2 Å². The maximum atomic E-state index is 13.1. The zero-order valence-corrected chi connectivity index (χ0v) is 16.5. The number of benzene rings is 2. The number of aromatic amines is 1. The maximum absolute atomic E-state index is 13.1. The fourth-order valence-corrected chi connectivity index (χ4v) is 4.53. The van der Waals surface area contributed by atoms with Gasteiger partial charge in [0.2, 0.25) is 5.91 Å². The van der Waals surface area contributed by atoms with Crippen LogP contribution in [0.5, 0.6) is 0 Å². The van der Waals surface area contributed by atoms with E-state index < -0.39 is 0 Å². The summed E-state index contributed by atoms with van der Waals surface area (Å²) in [6.45, 7) is 2.67. The van der Waals surface area contributed by atoms with Crippen molar-refractivity contribution in [1.82, 2.24) is 14.7 Å². The zero-order valence-electron chi connectivity index (χ0n) is 16.5. The summed E-state index contributed by atoms with van der Waals surface area (Å²) in [5.41, 5.74) is 0.525. The van der Waals surface area contributed by atoms with E-state index >= 15 is 0 Å². The first-order chi connectivity index (χ1) is 14.1. The van der Waals surface area contributed by atoms with E-state index in [0.29, 0.717) is 17.3 Å². The minimum atomic E-state index is -0.360. The molecule has 2 aromatic carbocycles. The van der Waals surface area contributed by atoms with Crippen LogP contribution in [0.3, 0.4) is 0 Å². The molecule has 2 atom stereocenters. The molecule has 0 radical (unpaired) electrons. The van der Waals surface area contributed by atoms with Crippen LogP contribution in [0.2, 0.25) is 0 Å². The van der Waals surface area contributed by atoms with Crippen molar-refractivity contribution in [3.63, 3.8) is 0 Å². The molecule has 1 amide bonds. The van der Waals surface area contributed by atoms with Gasteiger partial charge in [-0.25, -0.2) is 4.68 Å². The lowest BCUT2D eigenvalue weighted by Crippen LogP contribution is -2.43. The summed E-state index contributed by atoms with van der Waals surface area (Å²) in [5, 5.41) is 3.24. The van der Waals surface area contributed by atoms with Gasteiger partial charge in [0.15, 0.2) is 0 Å². The fraction of sp³-hybridized carbons (Fsp3) is 0.348. The highest BCUT2D eigenvalue weighted by atomic mass is 16.2. The summed E-state index contributed by atoms with van der Waals surface area (Å²) in [6.07, 6.45) is 2.83. The molecule has 1 aromatic heterocycles. The van der Waals surface area contributed by atoms with Crippen LogP contribution in [0.4, 0.5) is 0 Å². The second-order valence-corrected chi connectivity index (χ2v) is 7.60. The third kappa shape index (κ3) is 3.62. The standard InChI is InChI=1S/C23H25N3O3/c1-2-17(16-9-4-3-5-10-16)20-13-8-14-25(20)21(27)15-26-23(29)19-12-7-6-11-18(19)22(28)24-26/h3-7,9-12,17,20H,2,8,13-15H2,1H3,(H,24,28)/t17-,20+/m0/s1. The van der Waals surface area contributed by atoms with Crippen LogP contribution < -0.4 is 11.1 Å². The maximum Gasteiger partial charge on any atom is 0.273 e. The van der Waals surface area contributed by atoms with Crippen molar-refractivity contribution < 1.29 is 4.79 Å². The summed E-state index contributed by atoms with van der Waals surface area (Å²) in [4.78, 5) is 40.1. The molecule has 29 heavy (non-hydrogen) atoms. The van der Waals surface area contributed by atoms with Gasteiger partial charge >= 0.3 is 0 Å². The van der Waals surface area contributed by atoms with Gasteiger partial charge < -0.3 is 4.90 Å². The van der Waals surface area contributed by atoms with Crippen molar-refractivity contribution >= 4 is 16.7 Å². The number of nitrogens with one attached hydrogen (secondary N) is 1. The highest BCUT2D eigenvalue weighted by molar-refractivity contribution is 5.81. The van der Waals surface area contributed by atoms with Gasteiger partial charge in [-0.1, -0.05) is 49.4 Å². The summed E-state index contributed by atoms with van der Waals surface area (Å²) < 4.78 is 1.14. The average Bonchev–Trinajstić information content (AvgIpc) is 3.23. The van der Waals surface area contributed by atoms with E-state index in [-0.39, 0.29) is 35.5 Å². The number of amides is 1. The first-order valence-electron chi connectivity index (χ1n) is 10.2. The number of carbonyl (C=O) groups excluding carboxylic acids is 1. The second-order valence-electron chi connectivity index (χ2n) is 7.60. The van der Waals surface area contributed by atoms with Gasteiger partial charge in [0, 0.05) is 18.5 Å². The fourth-order valence-electron chi connectivity index (χ4n) is 4.53. The van der Waals surface area contributed by atoms with Crippen LogP contribution in [-0.2, 0) is 11.3 Å². The number of carbonyl (C=O) groups is 1. The highest BCUT2D eigenvalue weighted by Gasteiger charge is 2.34. The predicted octanol–water partition coefficient (Wildman–Crippen LogP) is 2.87. The molecule has 1 saturated heterocycles. The Hall–Kier alpha value is -3.15. The number of fused-ring (bicyclic) bond motifs is 1. The lowest BCUT2D eigenvalue weighted by atomic mass is 9.87. The van der Waals surface area contributed by atoms with Gasteiger partial charge in [0.25, 0.3) is 11.1 Å². The normalized spacial score (nSPS) is 17.6. The molecule has 0 spiro atoms. The third-order valence-corrected chi connectivity index (χ3v) is 5.93. The summed E-state index contributed by atoms with van der Waals surface area (Å²) >= 11 is 0. The Morgan fingerprint density at radius 1 is 1.07 bits per heavy atom. The summed E-state index contributed by atoms with van der Waals surface area (Å²) in [7, 11) is 0. The Morgan fingerprint density at radius 2 is 1.76 bits per heavy atom. The van der Waals surface area contributed by atoms with Crippen molar-refractivity contribution in [2.24, 2.45) is 0 Å². The largest absolute Gasteiger partial charge is 0.337 e. The smallest absolute Gasteiger partial charge is 0.273 e. The average molecular weight is 391 g/mol. The van der Waals surface area contributed by atoms with Gasteiger partial charge in [-0.2, -0.15) is 0 Å². The second kappa shape index (κ2) is 8.07. The van der Waals surface area contributed by atoms with Gasteiger partial charge in [0.05, 0.1) is 10.8 Å². The Bertz CT molecular complexity index is 1130. The number of aromatic nitrogens is 2. The summed E-state index contributed by atoms with van der Waals surface area (Å²) in [6, 6.07) is 17.1. The van der Waals surface area contributed by atoms with Gasteiger partial charge in [-0.05, 0) is 37.0 Å². The van der Waals surface area contributed by atoms with Crippen LogP contribution in [-0.4, -0.2) is 33.2 Å². The van der Waals surface area contributed by atoms with Crippen molar-refractivity contribution in [2.45, 2.75) is 44.7 Å². The van der Waals surface area contributed by atoms with Gasteiger partial charge in [-0.3, -0.25) is 19.5 Å². The lowest BCUT2D eigenvalue weighted by Gasteiger charge is -2.31. The molecule has 6 heteroatoms. The van der Waals surface area contributed by atoms with Crippen molar-refractivity contribution in [3.05, 3.63) is 80.9 Å². The van der Waals surface area contributed by atoms with Gasteiger partial charge in [0.1, 0.15) is 6.54 Å². The minimum Gasteiger partial charge on any atom is -0.337 e. The van der Waals surface area contributed by atoms with Crippen LogP contribution in [0.15, 0.2) is 64.2 Å². The van der Waals surface area contributed by atoms with E-state index in [1.54, 1.807) is 24.3 Å². The lowest BCUT2D eigenvalue weighted by molar-refractivity contribution is -0.133. The Kier molecular flexibility index (Phi) is 5.34. The van der Waals surface area contributed by atoms with Crippen molar-refractivity contribution in [2.75, 3.05) is 6.54 Å². The Morgan fingerprint density at radius 3 is 2.48 bits per heavy atom. The predicted molar refractivity (Wildman–Crippen MR) is 113 cm³/mol. The van der Waals surface area contributed by atoms with Crippen molar-refractivity contribution in [3.8, 4) is 0 Å². The van der Waals surface area contributed by atoms with E-state index in [4.69, 9.17) is 0 Å². The number of likely N-dealkylation sites (tertiary alicyclic amines) is 1. The Labute approximate surface area is 168 Å². The monoisotopic (exact) mass is 391 g/mol. The number of H-pyrrole nitrogens is 1. The molecular formula is C23H25N3O3. The molecule has 0 saturated carbocycles. The molecule has 150 valence electrons. The van der Waals surface area contributed by atoms with E-state index in [9.17, 15) is 14.4 Å².